The number of aryl methyl sites for hydroxylation is 1. The molecule has 1 aliphatic heterocycles. The average Bonchev–Trinajstić information content (AvgIpc) is 3.01. The summed E-state index contributed by atoms with van der Waals surface area (Å²) in [6.07, 6.45) is 7.11. The van der Waals surface area contributed by atoms with E-state index in [9.17, 15) is 0 Å². The number of hydrogen-bond donors (Lipinski definition) is 1. The van der Waals surface area contributed by atoms with Gasteiger partial charge in [0.25, 0.3) is 0 Å². The molecule has 3 heteroatoms. The molecule has 2 heterocycles. The average molecular weight is 276 g/mol. The van der Waals surface area contributed by atoms with Crippen LogP contribution in [0.3, 0.4) is 0 Å². The number of nitrogens with one attached hydrogen (secondary N) is 1. The van der Waals surface area contributed by atoms with Gasteiger partial charge in [0.1, 0.15) is 11.5 Å². The van der Waals surface area contributed by atoms with E-state index in [1.807, 2.05) is 0 Å². The van der Waals surface area contributed by atoms with Gasteiger partial charge in [0.2, 0.25) is 0 Å². The molecule has 0 aromatic carbocycles. The summed E-state index contributed by atoms with van der Waals surface area (Å²) in [4.78, 5) is 2.67. The Morgan fingerprint density at radius 1 is 1.30 bits per heavy atom. The summed E-state index contributed by atoms with van der Waals surface area (Å²) in [6, 6.07) is 3.08. The second-order valence-corrected chi connectivity index (χ2v) is 6.45. The van der Waals surface area contributed by atoms with Gasteiger partial charge >= 0.3 is 0 Å². The van der Waals surface area contributed by atoms with E-state index in [0.29, 0.717) is 0 Å². The topological polar surface area (TPSA) is 28.4 Å². The summed E-state index contributed by atoms with van der Waals surface area (Å²) in [5.74, 6) is 3.20. The molecule has 0 radical (unpaired) electrons. The van der Waals surface area contributed by atoms with E-state index < -0.39 is 0 Å². The lowest BCUT2D eigenvalue weighted by atomic mass is 9.85. The summed E-state index contributed by atoms with van der Waals surface area (Å²) < 4.78 is 5.97. The lowest BCUT2D eigenvalue weighted by molar-refractivity contribution is 0.165. The first kappa shape index (κ1) is 14.2. The normalized spacial score (nSPS) is 26.9. The molecule has 1 saturated heterocycles. The Kier molecular flexibility index (Phi) is 4.47. The SMILES string of the molecule is CCNCc1cc(CN2CCC3CCCCC32)oc1C. The summed E-state index contributed by atoms with van der Waals surface area (Å²) in [5, 5.41) is 3.38. The third-order valence-corrected chi connectivity index (χ3v) is 5.12. The van der Waals surface area contributed by atoms with Gasteiger partial charge in [-0.3, -0.25) is 4.90 Å². The molecular formula is C17H28N2O. The highest BCUT2D eigenvalue weighted by Crippen LogP contribution is 2.37. The Hall–Kier alpha value is -0.800. The van der Waals surface area contributed by atoms with E-state index in [0.717, 1.165) is 43.1 Å². The van der Waals surface area contributed by atoms with Gasteiger partial charge in [-0.1, -0.05) is 19.8 Å². The van der Waals surface area contributed by atoms with Crippen LogP contribution in [-0.2, 0) is 13.1 Å². The maximum absolute atomic E-state index is 5.97. The fourth-order valence-corrected chi connectivity index (χ4v) is 4.00. The van der Waals surface area contributed by atoms with Crippen molar-refractivity contribution in [3.8, 4) is 0 Å². The fraction of sp³-hybridized carbons (Fsp3) is 0.765. The predicted molar refractivity (Wildman–Crippen MR) is 81.6 cm³/mol. The molecule has 2 unspecified atom stereocenters. The van der Waals surface area contributed by atoms with E-state index in [1.165, 1.54) is 44.2 Å². The van der Waals surface area contributed by atoms with E-state index in [1.54, 1.807) is 0 Å². The maximum atomic E-state index is 5.97. The zero-order chi connectivity index (χ0) is 13.9. The molecule has 3 rings (SSSR count). The van der Waals surface area contributed by atoms with Gasteiger partial charge < -0.3 is 9.73 Å². The van der Waals surface area contributed by atoms with Gasteiger partial charge in [0.05, 0.1) is 6.54 Å². The lowest BCUT2D eigenvalue weighted by Crippen LogP contribution is -2.34. The van der Waals surface area contributed by atoms with Gasteiger partial charge in [-0.25, -0.2) is 0 Å². The second-order valence-electron chi connectivity index (χ2n) is 6.45. The predicted octanol–water partition coefficient (Wildman–Crippen LogP) is 3.46. The summed E-state index contributed by atoms with van der Waals surface area (Å²) >= 11 is 0. The molecule has 1 aromatic heterocycles. The van der Waals surface area contributed by atoms with E-state index in [2.05, 4.69) is 30.1 Å². The molecule has 0 amide bonds. The zero-order valence-corrected chi connectivity index (χ0v) is 13.0. The Labute approximate surface area is 122 Å². The molecule has 2 fully saturated rings. The van der Waals surface area contributed by atoms with E-state index in [-0.39, 0.29) is 0 Å². The quantitative estimate of drug-likeness (QED) is 0.892. The molecule has 112 valence electrons. The minimum atomic E-state index is 0.825. The smallest absolute Gasteiger partial charge is 0.118 e. The lowest BCUT2D eigenvalue weighted by Gasteiger charge is -2.31. The van der Waals surface area contributed by atoms with Crippen molar-refractivity contribution in [2.24, 2.45) is 5.92 Å². The molecule has 0 spiro atoms. The fourth-order valence-electron chi connectivity index (χ4n) is 4.00. The molecule has 20 heavy (non-hydrogen) atoms. The third-order valence-electron chi connectivity index (χ3n) is 5.12. The number of likely N-dealkylation sites (tertiary alicyclic amines) is 1. The highest BCUT2D eigenvalue weighted by molar-refractivity contribution is 5.21. The van der Waals surface area contributed by atoms with Gasteiger partial charge in [-0.05, 0) is 51.3 Å². The van der Waals surface area contributed by atoms with Crippen LogP contribution in [0.4, 0.5) is 0 Å². The first-order valence-corrected chi connectivity index (χ1v) is 8.31. The van der Waals surface area contributed by atoms with Crippen molar-refractivity contribution in [2.45, 2.75) is 65.1 Å². The molecule has 0 bridgehead atoms. The first-order valence-electron chi connectivity index (χ1n) is 8.31. The van der Waals surface area contributed by atoms with Crippen LogP contribution in [0.25, 0.3) is 0 Å². The molecule has 2 aliphatic rings. The number of hydrogen-bond acceptors (Lipinski definition) is 3. The number of furan rings is 1. The van der Waals surface area contributed by atoms with Crippen molar-refractivity contribution in [1.29, 1.82) is 0 Å². The van der Waals surface area contributed by atoms with Crippen LogP contribution < -0.4 is 5.32 Å². The van der Waals surface area contributed by atoms with Gasteiger partial charge in [0, 0.05) is 18.2 Å². The highest BCUT2D eigenvalue weighted by Gasteiger charge is 2.35. The molecule has 1 N–H and O–H groups in total. The summed E-state index contributed by atoms with van der Waals surface area (Å²) in [7, 11) is 0. The maximum Gasteiger partial charge on any atom is 0.118 e. The summed E-state index contributed by atoms with van der Waals surface area (Å²) in [5.41, 5.74) is 1.32. The Morgan fingerprint density at radius 3 is 3.00 bits per heavy atom. The second kappa shape index (κ2) is 6.31. The van der Waals surface area contributed by atoms with E-state index >= 15 is 0 Å². The van der Waals surface area contributed by atoms with Gasteiger partial charge in [-0.2, -0.15) is 0 Å². The minimum absolute atomic E-state index is 0.825. The molecule has 1 aromatic rings. The summed E-state index contributed by atoms with van der Waals surface area (Å²) in [6.45, 7) is 8.44. The molecule has 3 nitrogen and oxygen atoms in total. The Bertz CT molecular complexity index is 440. The minimum Gasteiger partial charge on any atom is -0.465 e. The third kappa shape index (κ3) is 2.94. The Morgan fingerprint density at radius 2 is 2.15 bits per heavy atom. The van der Waals surface area contributed by atoms with Crippen molar-refractivity contribution in [3.05, 3.63) is 23.2 Å². The zero-order valence-electron chi connectivity index (χ0n) is 13.0. The first-order chi connectivity index (χ1) is 9.78. The van der Waals surface area contributed by atoms with E-state index in [4.69, 9.17) is 4.42 Å². The van der Waals surface area contributed by atoms with Gasteiger partial charge in [0.15, 0.2) is 0 Å². The molecule has 2 atom stereocenters. The number of nitrogens with zero attached hydrogens (tertiary/aromatic N) is 1. The molecule has 1 aliphatic carbocycles. The van der Waals surface area contributed by atoms with Crippen molar-refractivity contribution < 1.29 is 4.42 Å². The molecular weight excluding hydrogens is 248 g/mol. The van der Waals surface area contributed by atoms with Crippen molar-refractivity contribution >= 4 is 0 Å². The number of rotatable bonds is 5. The van der Waals surface area contributed by atoms with Crippen LogP contribution in [0.2, 0.25) is 0 Å². The number of fused-ring (bicyclic) bond motifs is 1. The van der Waals surface area contributed by atoms with Crippen LogP contribution in [-0.4, -0.2) is 24.0 Å². The van der Waals surface area contributed by atoms with Crippen molar-refractivity contribution in [3.63, 3.8) is 0 Å². The monoisotopic (exact) mass is 276 g/mol. The van der Waals surface area contributed by atoms with Crippen LogP contribution >= 0.6 is 0 Å². The van der Waals surface area contributed by atoms with Gasteiger partial charge in [-0.15, -0.1) is 0 Å². The molecule has 1 saturated carbocycles. The van der Waals surface area contributed by atoms with Crippen LogP contribution in [0.15, 0.2) is 10.5 Å². The van der Waals surface area contributed by atoms with Crippen LogP contribution in [0, 0.1) is 12.8 Å². The Balaban J connectivity index is 1.62. The largest absolute Gasteiger partial charge is 0.465 e. The standard InChI is InChI=1S/C17H28N2O/c1-3-18-11-15-10-16(20-13(15)2)12-19-9-8-14-6-4-5-7-17(14)19/h10,14,17-18H,3-9,11-12H2,1-2H3. The van der Waals surface area contributed by atoms with Crippen LogP contribution in [0.5, 0.6) is 0 Å². The van der Waals surface area contributed by atoms with Crippen molar-refractivity contribution in [1.82, 2.24) is 10.2 Å². The van der Waals surface area contributed by atoms with Crippen molar-refractivity contribution in [2.75, 3.05) is 13.1 Å². The highest BCUT2D eigenvalue weighted by atomic mass is 16.3. The van der Waals surface area contributed by atoms with Crippen LogP contribution in [0.1, 0.15) is 56.1 Å².